The van der Waals surface area contributed by atoms with Gasteiger partial charge in [0.2, 0.25) is 5.91 Å². The summed E-state index contributed by atoms with van der Waals surface area (Å²) in [6.45, 7) is 1.54. The minimum atomic E-state index is -1.18. The van der Waals surface area contributed by atoms with E-state index in [4.69, 9.17) is 14.2 Å². The Labute approximate surface area is 261 Å². The van der Waals surface area contributed by atoms with Gasteiger partial charge in [-0.3, -0.25) is 24.1 Å². The molecule has 0 bridgehead atoms. The summed E-state index contributed by atoms with van der Waals surface area (Å²) in [7, 11) is 4.54. The summed E-state index contributed by atoms with van der Waals surface area (Å²) in [5, 5.41) is 2.92. The molecular weight excluding hydrogens is 574 g/mol. The first kappa shape index (κ1) is 30.8. The Hall–Kier alpha value is -5.64. The zero-order valence-electron chi connectivity index (χ0n) is 25.4. The number of nitrogens with one attached hydrogen (secondary N) is 1. The first-order valence-electron chi connectivity index (χ1n) is 14.2. The van der Waals surface area contributed by atoms with Gasteiger partial charge in [0.15, 0.2) is 11.5 Å². The molecule has 4 aromatic carbocycles. The number of carbonyl (C=O) groups excluding carboxylic acids is 4. The van der Waals surface area contributed by atoms with Crippen LogP contribution in [-0.4, -0.2) is 56.3 Å². The molecule has 1 N–H and O–H groups in total. The molecule has 0 fully saturated rings. The SMILES string of the molecule is COc1ccc(NC(=O)C(c2ccc(OC)c(OC)c2)N(Cc2ccc(C)cc2)C(=O)CN2C(=O)C(=O)c3ccccc32)cc1. The predicted octanol–water partition coefficient (Wildman–Crippen LogP) is 4.96. The van der Waals surface area contributed by atoms with Crippen LogP contribution in [0.2, 0.25) is 0 Å². The van der Waals surface area contributed by atoms with Crippen LogP contribution in [0.5, 0.6) is 17.2 Å². The number of anilines is 2. The van der Waals surface area contributed by atoms with Crippen LogP contribution in [0.15, 0.2) is 91.0 Å². The van der Waals surface area contributed by atoms with Crippen molar-refractivity contribution in [3.05, 3.63) is 113 Å². The molecule has 1 atom stereocenters. The largest absolute Gasteiger partial charge is 0.497 e. The highest BCUT2D eigenvalue weighted by Crippen LogP contribution is 2.35. The molecule has 1 unspecified atom stereocenters. The van der Waals surface area contributed by atoms with E-state index in [0.29, 0.717) is 34.2 Å². The van der Waals surface area contributed by atoms with Gasteiger partial charge in [-0.1, -0.05) is 48.0 Å². The first-order valence-corrected chi connectivity index (χ1v) is 14.2. The molecule has 4 aromatic rings. The molecule has 0 saturated heterocycles. The molecule has 1 aliphatic heterocycles. The third-order valence-electron chi connectivity index (χ3n) is 7.61. The fourth-order valence-electron chi connectivity index (χ4n) is 5.23. The second-order valence-electron chi connectivity index (χ2n) is 10.5. The molecule has 1 aliphatic rings. The second kappa shape index (κ2) is 13.3. The van der Waals surface area contributed by atoms with E-state index in [-0.39, 0.29) is 12.1 Å². The van der Waals surface area contributed by atoms with Gasteiger partial charge in [-0.05, 0) is 66.6 Å². The molecule has 10 heteroatoms. The smallest absolute Gasteiger partial charge is 0.299 e. The summed E-state index contributed by atoms with van der Waals surface area (Å²) < 4.78 is 16.2. The van der Waals surface area contributed by atoms with Gasteiger partial charge in [0, 0.05) is 12.2 Å². The maximum atomic E-state index is 14.3. The lowest BCUT2D eigenvalue weighted by Gasteiger charge is -2.33. The topological polar surface area (TPSA) is 114 Å². The number of benzene rings is 4. The van der Waals surface area contributed by atoms with Gasteiger partial charge in [-0.15, -0.1) is 0 Å². The van der Waals surface area contributed by atoms with E-state index in [1.54, 1.807) is 73.8 Å². The summed E-state index contributed by atoms with van der Waals surface area (Å²) >= 11 is 0. The van der Waals surface area contributed by atoms with Crippen molar-refractivity contribution in [2.24, 2.45) is 0 Å². The highest BCUT2D eigenvalue weighted by molar-refractivity contribution is 6.52. The molecule has 0 aliphatic carbocycles. The van der Waals surface area contributed by atoms with Crippen molar-refractivity contribution < 1.29 is 33.4 Å². The van der Waals surface area contributed by atoms with Crippen molar-refractivity contribution in [3.8, 4) is 17.2 Å². The highest BCUT2D eigenvalue weighted by atomic mass is 16.5. The van der Waals surface area contributed by atoms with Crippen LogP contribution in [0.4, 0.5) is 11.4 Å². The van der Waals surface area contributed by atoms with Crippen molar-refractivity contribution in [1.82, 2.24) is 4.90 Å². The van der Waals surface area contributed by atoms with Crippen LogP contribution in [0.3, 0.4) is 0 Å². The van der Waals surface area contributed by atoms with Gasteiger partial charge >= 0.3 is 0 Å². The molecule has 5 rings (SSSR count). The normalized spacial score (nSPS) is 12.8. The third kappa shape index (κ3) is 6.50. The number of nitrogens with zero attached hydrogens (tertiary/aromatic N) is 2. The van der Waals surface area contributed by atoms with Gasteiger partial charge in [0.1, 0.15) is 18.3 Å². The van der Waals surface area contributed by atoms with E-state index < -0.39 is 36.1 Å². The monoisotopic (exact) mass is 607 g/mol. The van der Waals surface area contributed by atoms with Gasteiger partial charge in [-0.2, -0.15) is 0 Å². The second-order valence-corrected chi connectivity index (χ2v) is 10.5. The predicted molar refractivity (Wildman–Crippen MR) is 169 cm³/mol. The van der Waals surface area contributed by atoms with Crippen LogP contribution in [-0.2, 0) is 20.9 Å². The van der Waals surface area contributed by atoms with Crippen molar-refractivity contribution in [1.29, 1.82) is 0 Å². The molecule has 3 amide bonds. The van der Waals surface area contributed by atoms with Gasteiger partial charge in [0.05, 0.1) is 32.6 Å². The van der Waals surface area contributed by atoms with E-state index in [9.17, 15) is 19.2 Å². The Kier molecular flexibility index (Phi) is 9.13. The lowest BCUT2D eigenvalue weighted by Crippen LogP contribution is -2.46. The summed E-state index contributed by atoms with van der Waals surface area (Å²) in [6, 6.07) is 24.8. The Bertz CT molecular complexity index is 1740. The number of para-hydroxylation sites is 1. The number of methoxy groups -OCH3 is 3. The minimum absolute atomic E-state index is 0.0335. The van der Waals surface area contributed by atoms with Crippen molar-refractivity contribution in [2.45, 2.75) is 19.5 Å². The Balaban J connectivity index is 1.58. The lowest BCUT2D eigenvalue weighted by molar-refractivity contribution is -0.139. The molecule has 230 valence electrons. The number of amides is 3. The van der Waals surface area contributed by atoms with Gasteiger partial charge in [0.25, 0.3) is 17.6 Å². The number of ketones is 1. The Morgan fingerprint density at radius 1 is 0.822 bits per heavy atom. The number of hydrogen-bond acceptors (Lipinski definition) is 7. The van der Waals surface area contributed by atoms with Crippen molar-refractivity contribution >= 4 is 34.9 Å². The summed E-state index contributed by atoms with van der Waals surface area (Å²) in [5.74, 6) is -1.10. The van der Waals surface area contributed by atoms with Crippen LogP contribution in [0.25, 0.3) is 0 Å². The molecule has 1 heterocycles. The lowest BCUT2D eigenvalue weighted by atomic mass is 10.0. The van der Waals surface area contributed by atoms with E-state index in [1.165, 1.54) is 19.1 Å². The molecule has 0 radical (unpaired) electrons. The van der Waals surface area contributed by atoms with E-state index >= 15 is 0 Å². The third-order valence-corrected chi connectivity index (χ3v) is 7.61. The fraction of sp³-hybridized carbons (Fsp3) is 0.200. The standard InChI is InChI=1S/C35H33N3O7/c1-22-9-11-23(12-10-22)20-38(31(39)21-37-28-8-6-5-7-27(28)33(40)35(37)42)32(24-13-18-29(44-3)30(19-24)45-4)34(41)36-25-14-16-26(43-2)17-15-25/h5-19,32H,20-21H2,1-4H3,(H,36,41). The highest BCUT2D eigenvalue weighted by Gasteiger charge is 2.39. The van der Waals surface area contributed by atoms with Crippen LogP contribution >= 0.6 is 0 Å². The van der Waals surface area contributed by atoms with Gasteiger partial charge in [-0.25, -0.2) is 0 Å². The zero-order chi connectivity index (χ0) is 32.1. The van der Waals surface area contributed by atoms with Crippen molar-refractivity contribution in [2.75, 3.05) is 38.1 Å². The average Bonchev–Trinajstić information content (AvgIpc) is 3.30. The van der Waals surface area contributed by atoms with E-state index in [2.05, 4.69) is 5.32 Å². The molecule has 0 spiro atoms. The molecule has 45 heavy (non-hydrogen) atoms. The summed E-state index contributed by atoms with van der Waals surface area (Å²) in [4.78, 5) is 56.9. The maximum absolute atomic E-state index is 14.3. The van der Waals surface area contributed by atoms with Crippen LogP contribution in [0.1, 0.15) is 33.1 Å². The number of hydrogen-bond donors (Lipinski definition) is 1. The summed E-state index contributed by atoms with van der Waals surface area (Å²) in [6.07, 6.45) is 0. The Morgan fingerprint density at radius 2 is 1.51 bits per heavy atom. The van der Waals surface area contributed by atoms with E-state index in [0.717, 1.165) is 16.0 Å². The minimum Gasteiger partial charge on any atom is -0.497 e. The Morgan fingerprint density at radius 3 is 2.18 bits per heavy atom. The van der Waals surface area contributed by atoms with Crippen LogP contribution < -0.4 is 24.4 Å². The molecule has 10 nitrogen and oxygen atoms in total. The van der Waals surface area contributed by atoms with E-state index in [1.807, 2.05) is 31.2 Å². The first-order chi connectivity index (χ1) is 21.7. The number of Topliss-reactive ketones (excluding diaryl/α,β-unsaturated/α-hetero) is 1. The molecule has 0 saturated carbocycles. The fourth-order valence-corrected chi connectivity index (χ4v) is 5.23. The van der Waals surface area contributed by atoms with Crippen LogP contribution in [0, 0.1) is 6.92 Å². The van der Waals surface area contributed by atoms with Gasteiger partial charge < -0.3 is 24.4 Å². The molecular formula is C35H33N3O7. The number of ether oxygens (including phenoxy) is 3. The maximum Gasteiger partial charge on any atom is 0.299 e. The average molecular weight is 608 g/mol. The number of fused-ring (bicyclic) bond motifs is 1. The number of rotatable bonds is 11. The number of carbonyl (C=O) groups is 4. The number of aryl methyl sites for hydroxylation is 1. The quantitative estimate of drug-likeness (QED) is 0.240. The summed E-state index contributed by atoms with van der Waals surface area (Å²) in [5.41, 5.74) is 3.31. The van der Waals surface area contributed by atoms with Crippen molar-refractivity contribution in [3.63, 3.8) is 0 Å². The zero-order valence-corrected chi connectivity index (χ0v) is 25.4. The molecule has 0 aromatic heterocycles.